The number of alkyl halides is 3. The Labute approximate surface area is 343 Å². The molecule has 3 aliphatic rings. The van der Waals surface area contributed by atoms with Crippen LogP contribution in [0.15, 0.2) is 30.0 Å². The highest BCUT2D eigenvalue weighted by Gasteiger charge is 2.48. The standard InChI is InChI=1S/C40H53F3N6O8S2/c1-20(2)48-22(5)38(7,8)26-16-24(28(18-30(26)48)46-32(50)12-14-44-58(11,54)55)34-36(52)35(37(34)53)25-17-27-31(49(21(3)4)23(6)39(27,9)10)19-29(25)47-33(51)13-15-45-59(56,57)40(41,42)43/h16-23,44-45H,12-15H2,1-11H3,(H2,46,47,50,51,52,53). The van der Waals surface area contributed by atoms with Crippen molar-refractivity contribution in [1.82, 2.24) is 14.0 Å². The quantitative estimate of drug-likeness (QED) is 0.219. The summed E-state index contributed by atoms with van der Waals surface area (Å²) in [6, 6.07) is 6.67. The maximum absolute atomic E-state index is 14.5. The van der Waals surface area contributed by atoms with Crippen molar-refractivity contribution < 1.29 is 49.5 Å². The van der Waals surface area contributed by atoms with Gasteiger partial charge in [-0.1, -0.05) is 19.6 Å². The van der Waals surface area contributed by atoms with Gasteiger partial charge in [-0.2, -0.15) is 13.2 Å². The molecule has 59 heavy (non-hydrogen) atoms. The van der Waals surface area contributed by atoms with E-state index in [1.165, 1.54) is 4.72 Å². The third-order valence-corrected chi connectivity index (χ3v) is 13.8. The molecule has 2 aromatic carbocycles. The SMILES string of the molecule is CC(C)N1c2cc(NC(=O)CCNS(=O)(=O)C(F)(F)F)c(C3=C([O-])/C(=c4/cc5c(cc4NC(=O)CCNS(C)(=O)=O)=[N+](C(C)C)C(C)C5(C)C)C3=O)cc2C(C)(C)C1C. The smallest absolute Gasteiger partial charge is 0.511 e. The van der Waals surface area contributed by atoms with Crippen molar-refractivity contribution >= 4 is 65.9 Å². The van der Waals surface area contributed by atoms with Crippen LogP contribution in [0.1, 0.15) is 98.8 Å². The van der Waals surface area contributed by atoms with Gasteiger partial charge in [0.25, 0.3) is 0 Å². The summed E-state index contributed by atoms with van der Waals surface area (Å²) in [4.78, 5) is 43.1. The Morgan fingerprint density at radius 1 is 0.847 bits per heavy atom. The zero-order valence-corrected chi connectivity index (χ0v) is 36.7. The molecule has 0 fully saturated rings. The monoisotopic (exact) mass is 866 g/mol. The minimum atomic E-state index is -5.71. The number of anilines is 3. The van der Waals surface area contributed by atoms with E-state index in [9.17, 15) is 49.5 Å². The molecule has 0 saturated heterocycles. The molecular formula is C40H53F3N6O8S2. The number of fused-ring (bicyclic) bond motifs is 2. The Balaban J connectivity index is 1.70. The summed E-state index contributed by atoms with van der Waals surface area (Å²) in [6.45, 7) is 19.1. The third kappa shape index (κ3) is 8.39. The van der Waals surface area contributed by atoms with E-state index in [0.29, 0.717) is 5.69 Å². The van der Waals surface area contributed by atoms with Crippen molar-refractivity contribution in [3.8, 4) is 0 Å². The van der Waals surface area contributed by atoms with E-state index in [1.807, 2.05) is 62.3 Å². The van der Waals surface area contributed by atoms with Crippen LogP contribution >= 0.6 is 0 Å². The van der Waals surface area contributed by atoms with Crippen LogP contribution in [0.2, 0.25) is 0 Å². The molecule has 0 saturated carbocycles. The van der Waals surface area contributed by atoms with E-state index < -0.39 is 72.7 Å². The number of Topliss-reactive ketones (excluding diaryl/α,β-unsaturated/α-hetero) is 1. The lowest BCUT2D eigenvalue weighted by Gasteiger charge is -2.34. The largest absolute Gasteiger partial charge is 0.871 e. The normalized spacial score (nSPS) is 20.9. The van der Waals surface area contributed by atoms with Gasteiger partial charge >= 0.3 is 15.5 Å². The fourth-order valence-electron chi connectivity index (χ4n) is 8.31. The second-order valence-electron chi connectivity index (χ2n) is 17.1. The lowest BCUT2D eigenvalue weighted by Crippen LogP contribution is -2.42. The number of halogens is 3. The van der Waals surface area contributed by atoms with E-state index in [-0.39, 0.29) is 70.4 Å². The number of hydrogen-bond donors (Lipinski definition) is 4. The van der Waals surface area contributed by atoms with Gasteiger partial charge in [-0.25, -0.2) is 30.9 Å². The molecule has 14 nitrogen and oxygen atoms in total. The number of sulfonamides is 2. The summed E-state index contributed by atoms with van der Waals surface area (Å²) in [5.41, 5.74) is -4.41. The Morgan fingerprint density at radius 3 is 1.92 bits per heavy atom. The predicted molar refractivity (Wildman–Crippen MR) is 219 cm³/mol. The van der Waals surface area contributed by atoms with Gasteiger partial charge in [0.2, 0.25) is 27.2 Å². The minimum Gasteiger partial charge on any atom is -0.871 e. The summed E-state index contributed by atoms with van der Waals surface area (Å²) in [5, 5.41) is 20.9. The number of carbonyl (C=O) groups excluding carboxylic acids is 3. The number of ketones is 1. The van der Waals surface area contributed by atoms with E-state index in [1.54, 1.807) is 24.3 Å². The number of rotatable bonds is 13. The second-order valence-corrected chi connectivity index (χ2v) is 20.7. The number of nitrogens with zero attached hydrogens (tertiary/aromatic N) is 2. The molecule has 0 bridgehead atoms. The fraction of sp³-hybridized carbons (Fsp3) is 0.550. The molecule has 0 spiro atoms. The minimum absolute atomic E-state index is 0.0207. The van der Waals surface area contributed by atoms with Crippen LogP contribution in [0.25, 0.3) is 11.1 Å². The maximum Gasteiger partial charge on any atom is 0.511 e. The van der Waals surface area contributed by atoms with Gasteiger partial charge in [0, 0.05) is 82.7 Å². The topological polar surface area (TPSA) is 197 Å². The van der Waals surface area contributed by atoms with Crippen molar-refractivity contribution in [2.24, 2.45) is 0 Å². The molecule has 2 aliphatic heterocycles. The van der Waals surface area contributed by atoms with Crippen LogP contribution in [0.5, 0.6) is 0 Å². The zero-order chi connectivity index (χ0) is 44.5. The van der Waals surface area contributed by atoms with E-state index in [4.69, 9.17) is 0 Å². The van der Waals surface area contributed by atoms with Crippen LogP contribution in [-0.4, -0.2) is 83.5 Å². The first kappa shape index (κ1) is 45.7. The number of nitrogens with one attached hydrogen (secondary N) is 4. The number of hydrogen-bond acceptors (Lipinski definition) is 9. The van der Waals surface area contributed by atoms with Crippen molar-refractivity contribution in [1.29, 1.82) is 0 Å². The van der Waals surface area contributed by atoms with E-state index >= 15 is 0 Å². The molecule has 2 heterocycles. The molecule has 324 valence electrons. The summed E-state index contributed by atoms with van der Waals surface area (Å²) in [6.07, 6.45) is 0.0227. The molecule has 5 rings (SSSR count). The second kappa shape index (κ2) is 15.6. The van der Waals surface area contributed by atoms with Gasteiger partial charge in [-0.3, -0.25) is 14.4 Å². The van der Waals surface area contributed by atoms with Crippen LogP contribution in [0.3, 0.4) is 0 Å². The highest BCUT2D eigenvalue weighted by Crippen LogP contribution is 2.50. The molecule has 2 unspecified atom stereocenters. The molecule has 0 aromatic heterocycles. The van der Waals surface area contributed by atoms with E-state index in [2.05, 4.69) is 31.8 Å². The lowest BCUT2D eigenvalue weighted by molar-refractivity contribution is -0.292. The molecule has 2 atom stereocenters. The number of benzene rings is 2. The maximum atomic E-state index is 14.5. The number of amides is 2. The summed E-state index contributed by atoms with van der Waals surface area (Å²) >= 11 is 0. The fourth-order valence-corrected chi connectivity index (χ4v) is 9.32. The highest BCUT2D eigenvalue weighted by atomic mass is 32.2. The summed E-state index contributed by atoms with van der Waals surface area (Å²) < 4.78 is 90.9. The Morgan fingerprint density at radius 2 is 1.41 bits per heavy atom. The molecule has 1 aliphatic carbocycles. The Bertz CT molecular complexity index is 2510. The predicted octanol–water partition coefficient (Wildman–Crippen LogP) is 2.31. The average Bonchev–Trinajstić information content (AvgIpc) is 3.40. The van der Waals surface area contributed by atoms with E-state index in [0.717, 1.165) is 22.7 Å². The molecule has 19 heteroatoms. The molecular weight excluding hydrogens is 814 g/mol. The van der Waals surface area contributed by atoms with Crippen LogP contribution in [-0.2, 0) is 45.3 Å². The average molecular weight is 867 g/mol. The van der Waals surface area contributed by atoms with Crippen molar-refractivity contribution in [2.45, 2.75) is 123 Å². The van der Waals surface area contributed by atoms with Gasteiger partial charge in [-0.05, 0) is 79.2 Å². The first-order chi connectivity index (χ1) is 26.9. The number of carbonyl (C=O) groups is 3. The van der Waals surface area contributed by atoms with Gasteiger partial charge in [0.1, 0.15) is 6.04 Å². The van der Waals surface area contributed by atoms with Crippen molar-refractivity contribution in [3.05, 3.63) is 57.3 Å². The Kier molecular flexibility index (Phi) is 12.1. The highest BCUT2D eigenvalue weighted by molar-refractivity contribution is 7.90. The van der Waals surface area contributed by atoms with Gasteiger partial charge in [0.05, 0.1) is 23.0 Å². The summed E-state index contributed by atoms with van der Waals surface area (Å²) in [5.74, 6) is -2.79. The van der Waals surface area contributed by atoms with Gasteiger partial charge in [0.15, 0.2) is 11.8 Å². The van der Waals surface area contributed by atoms with Crippen LogP contribution in [0, 0.1) is 0 Å². The number of allylic oxidation sites excluding steroid dienone is 2. The molecule has 0 radical (unpaired) electrons. The molecule has 4 N–H and O–H groups in total. The Hall–Kier alpha value is -4.33. The third-order valence-electron chi connectivity index (χ3n) is 11.9. The molecule has 2 aromatic rings. The first-order valence-corrected chi connectivity index (χ1v) is 22.7. The van der Waals surface area contributed by atoms with Crippen LogP contribution in [0.4, 0.5) is 30.2 Å². The van der Waals surface area contributed by atoms with Crippen molar-refractivity contribution in [3.63, 3.8) is 0 Å². The van der Waals surface area contributed by atoms with Gasteiger partial charge < -0.3 is 20.6 Å². The zero-order valence-electron chi connectivity index (χ0n) is 35.1. The van der Waals surface area contributed by atoms with Crippen molar-refractivity contribution in [2.75, 3.05) is 34.9 Å². The lowest BCUT2D eigenvalue weighted by atomic mass is 9.76. The van der Waals surface area contributed by atoms with Gasteiger partial charge in [-0.15, -0.1) is 0 Å². The van der Waals surface area contributed by atoms with Crippen LogP contribution < -0.4 is 45.2 Å². The molecule has 2 amide bonds. The summed E-state index contributed by atoms with van der Waals surface area (Å²) in [7, 11) is -9.29. The first-order valence-electron chi connectivity index (χ1n) is 19.3.